The molecule has 0 fully saturated rings. The van der Waals surface area contributed by atoms with Crippen molar-refractivity contribution in [1.29, 1.82) is 0 Å². The van der Waals surface area contributed by atoms with Gasteiger partial charge in [-0.1, -0.05) is 0 Å². The Morgan fingerprint density at radius 2 is 2.33 bits per heavy atom. The number of unbranched alkanes of at least 4 members (excludes halogenated alkanes) is 1. The molecule has 0 aliphatic heterocycles. The van der Waals surface area contributed by atoms with E-state index in [4.69, 9.17) is 4.42 Å². The summed E-state index contributed by atoms with van der Waals surface area (Å²) in [6.45, 7) is 3.32. The molecule has 1 heterocycles. The molecule has 1 rings (SSSR count). The van der Waals surface area contributed by atoms with E-state index in [1.54, 1.807) is 6.26 Å². The van der Waals surface area contributed by atoms with Gasteiger partial charge in [-0.2, -0.15) is 11.8 Å². The van der Waals surface area contributed by atoms with Gasteiger partial charge in [-0.15, -0.1) is 0 Å². The van der Waals surface area contributed by atoms with Gasteiger partial charge in [0.1, 0.15) is 5.76 Å². The van der Waals surface area contributed by atoms with E-state index in [-0.39, 0.29) is 0 Å². The van der Waals surface area contributed by atoms with Crippen molar-refractivity contribution >= 4 is 11.8 Å². The Morgan fingerprint density at radius 1 is 1.47 bits per heavy atom. The summed E-state index contributed by atoms with van der Waals surface area (Å²) in [5.74, 6) is 2.34. The molecule has 1 aromatic rings. The Labute approximate surface area is 96.8 Å². The number of rotatable bonds is 8. The van der Waals surface area contributed by atoms with Crippen LogP contribution in [0.1, 0.15) is 25.5 Å². The highest BCUT2D eigenvalue weighted by Gasteiger charge is 2.03. The van der Waals surface area contributed by atoms with Crippen molar-refractivity contribution < 1.29 is 4.42 Å². The van der Waals surface area contributed by atoms with E-state index in [1.165, 1.54) is 18.6 Å². The summed E-state index contributed by atoms with van der Waals surface area (Å²) in [6.07, 6.45) is 7.45. The van der Waals surface area contributed by atoms with Gasteiger partial charge in [0.25, 0.3) is 0 Å². The SMILES string of the molecule is CSCCCCNC(C)Cc1ccco1. The van der Waals surface area contributed by atoms with E-state index in [2.05, 4.69) is 18.5 Å². The van der Waals surface area contributed by atoms with E-state index in [0.717, 1.165) is 18.7 Å². The van der Waals surface area contributed by atoms with Crippen LogP contribution < -0.4 is 5.32 Å². The molecule has 0 saturated carbocycles. The summed E-state index contributed by atoms with van der Waals surface area (Å²) in [7, 11) is 0. The van der Waals surface area contributed by atoms with Crippen molar-refractivity contribution in [2.24, 2.45) is 0 Å². The molecule has 2 nitrogen and oxygen atoms in total. The van der Waals surface area contributed by atoms with Crippen LogP contribution in [-0.2, 0) is 6.42 Å². The van der Waals surface area contributed by atoms with E-state index in [0.29, 0.717) is 6.04 Å². The lowest BCUT2D eigenvalue weighted by Crippen LogP contribution is -2.28. The van der Waals surface area contributed by atoms with Crippen molar-refractivity contribution in [2.75, 3.05) is 18.6 Å². The Hall–Kier alpha value is -0.410. The maximum absolute atomic E-state index is 5.31. The van der Waals surface area contributed by atoms with Gasteiger partial charge in [0.05, 0.1) is 6.26 Å². The van der Waals surface area contributed by atoms with Crippen LogP contribution in [0.15, 0.2) is 22.8 Å². The first-order chi connectivity index (χ1) is 7.33. The summed E-state index contributed by atoms with van der Waals surface area (Å²) >= 11 is 1.92. The van der Waals surface area contributed by atoms with Crippen molar-refractivity contribution in [3.8, 4) is 0 Å². The maximum Gasteiger partial charge on any atom is 0.105 e. The lowest BCUT2D eigenvalue weighted by Gasteiger charge is -2.11. The summed E-state index contributed by atoms with van der Waals surface area (Å²) in [5.41, 5.74) is 0. The minimum atomic E-state index is 0.505. The van der Waals surface area contributed by atoms with Crippen molar-refractivity contribution in [1.82, 2.24) is 5.32 Å². The minimum Gasteiger partial charge on any atom is -0.469 e. The minimum absolute atomic E-state index is 0.505. The third kappa shape index (κ3) is 5.90. The predicted octanol–water partition coefficient (Wildman–Crippen LogP) is 2.94. The second kappa shape index (κ2) is 7.83. The molecule has 0 bridgehead atoms. The molecule has 0 aliphatic rings. The standard InChI is InChI=1S/C12H21NOS/c1-11(10-12-6-5-8-14-12)13-7-3-4-9-15-2/h5-6,8,11,13H,3-4,7,9-10H2,1-2H3. The second-order valence-electron chi connectivity index (χ2n) is 3.84. The van der Waals surface area contributed by atoms with Crippen molar-refractivity contribution in [3.05, 3.63) is 24.2 Å². The molecule has 3 heteroatoms. The van der Waals surface area contributed by atoms with Crippen LogP contribution in [0, 0.1) is 0 Å². The number of hydrogen-bond donors (Lipinski definition) is 1. The molecule has 1 unspecified atom stereocenters. The van der Waals surface area contributed by atoms with E-state index >= 15 is 0 Å². The van der Waals surface area contributed by atoms with Crippen molar-refractivity contribution in [3.63, 3.8) is 0 Å². The van der Waals surface area contributed by atoms with Gasteiger partial charge in [0.15, 0.2) is 0 Å². The van der Waals surface area contributed by atoms with Crippen LogP contribution in [0.4, 0.5) is 0 Å². The third-order valence-corrected chi connectivity index (χ3v) is 3.05. The molecule has 0 aromatic carbocycles. The molecule has 0 aliphatic carbocycles. The van der Waals surface area contributed by atoms with E-state index < -0.39 is 0 Å². The van der Waals surface area contributed by atoms with Gasteiger partial charge >= 0.3 is 0 Å². The van der Waals surface area contributed by atoms with Gasteiger partial charge in [-0.3, -0.25) is 0 Å². The van der Waals surface area contributed by atoms with Gasteiger partial charge in [-0.25, -0.2) is 0 Å². The molecule has 0 amide bonds. The Kier molecular flexibility index (Phi) is 6.60. The normalized spacial score (nSPS) is 12.9. The highest BCUT2D eigenvalue weighted by atomic mass is 32.2. The first-order valence-corrected chi connectivity index (χ1v) is 6.97. The van der Waals surface area contributed by atoms with E-state index in [1.807, 2.05) is 23.9 Å². The molecule has 1 N–H and O–H groups in total. The first kappa shape index (κ1) is 12.7. The average Bonchev–Trinajstić information content (AvgIpc) is 2.70. The molecule has 15 heavy (non-hydrogen) atoms. The summed E-state index contributed by atoms with van der Waals surface area (Å²) in [5, 5.41) is 3.51. The monoisotopic (exact) mass is 227 g/mol. The smallest absolute Gasteiger partial charge is 0.105 e. The summed E-state index contributed by atoms with van der Waals surface area (Å²) in [4.78, 5) is 0. The van der Waals surface area contributed by atoms with Crippen molar-refractivity contribution in [2.45, 2.75) is 32.2 Å². The zero-order valence-corrected chi connectivity index (χ0v) is 10.5. The highest BCUT2D eigenvalue weighted by Crippen LogP contribution is 2.04. The third-order valence-electron chi connectivity index (χ3n) is 2.36. The predicted molar refractivity (Wildman–Crippen MR) is 67.5 cm³/mol. The molecular weight excluding hydrogens is 206 g/mol. The summed E-state index contributed by atoms with van der Waals surface area (Å²) < 4.78 is 5.31. The molecule has 0 saturated heterocycles. The van der Waals surface area contributed by atoms with Gasteiger partial charge in [-0.05, 0) is 50.5 Å². The van der Waals surface area contributed by atoms with Crippen LogP contribution in [-0.4, -0.2) is 24.6 Å². The maximum atomic E-state index is 5.31. The van der Waals surface area contributed by atoms with Crippen LogP contribution in [0.25, 0.3) is 0 Å². The zero-order valence-electron chi connectivity index (χ0n) is 9.66. The molecule has 1 atom stereocenters. The fraction of sp³-hybridized carbons (Fsp3) is 0.667. The topological polar surface area (TPSA) is 25.2 Å². The number of hydrogen-bond acceptors (Lipinski definition) is 3. The Morgan fingerprint density at radius 3 is 3.00 bits per heavy atom. The lowest BCUT2D eigenvalue weighted by molar-refractivity contribution is 0.454. The number of nitrogens with one attached hydrogen (secondary N) is 1. The quantitative estimate of drug-likeness (QED) is 0.691. The van der Waals surface area contributed by atoms with E-state index in [9.17, 15) is 0 Å². The first-order valence-electron chi connectivity index (χ1n) is 5.57. The molecular formula is C12H21NOS. The van der Waals surface area contributed by atoms with Gasteiger partial charge in [0, 0.05) is 12.5 Å². The fourth-order valence-electron chi connectivity index (χ4n) is 1.52. The van der Waals surface area contributed by atoms with Crippen LogP contribution in [0.2, 0.25) is 0 Å². The average molecular weight is 227 g/mol. The van der Waals surface area contributed by atoms with Crippen LogP contribution in [0.5, 0.6) is 0 Å². The molecule has 1 aromatic heterocycles. The number of thioether (sulfide) groups is 1. The Bertz CT molecular complexity index is 236. The van der Waals surface area contributed by atoms with Gasteiger partial charge in [0.2, 0.25) is 0 Å². The highest BCUT2D eigenvalue weighted by molar-refractivity contribution is 7.98. The van der Waals surface area contributed by atoms with Crippen LogP contribution in [0.3, 0.4) is 0 Å². The van der Waals surface area contributed by atoms with Gasteiger partial charge < -0.3 is 9.73 Å². The molecule has 0 radical (unpaired) electrons. The second-order valence-corrected chi connectivity index (χ2v) is 4.82. The number of furan rings is 1. The zero-order chi connectivity index (χ0) is 10.9. The fourth-order valence-corrected chi connectivity index (χ4v) is 2.02. The largest absolute Gasteiger partial charge is 0.469 e. The van der Waals surface area contributed by atoms with Crippen LogP contribution >= 0.6 is 11.8 Å². The molecule has 86 valence electrons. The Balaban J connectivity index is 2.01. The lowest BCUT2D eigenvalue weighted by atomic mass is 10.2. The summed E-state index contributed by atoms with van der Waals surface area (Å²) in [6, 6.07) is 4.48. The molecule has 0 spiro atoms.